The fraction of sp³-hybridized carbons (Fsp3) is 0.240. The van der Waals surface area contributed by atoms with Crippen molar-refractivity contribution in [2.75, 3.05) is 18.3 Å². The van der Waals surface area contributed by atoms with Gasteiger partial charge in [-0.15, -0.1) is 11.3 Å². The number of Topliss-reactive ketones (excluding diaryl/α,β-unsaturated/α-hetero) is 1. The minimum Gasteiger partial charge on any atom is -0.457 e. The first-order valence-electron chi connectivity index (χ1n) is 10.5. The number of anilines is 1. The number of ketones is 1. The molecule has 168 valence electrons. The number of carbonyl (C=O) groups is 3. The van der Waals surface area contributed by atoms with E-state index >= 15 is 0 Å². The van der Waals surface area contributed by atoms with E-state index in [9.17, 15) is 14.4 Å². The summed E-state index contributed by atoms with van der Waals surface area (Å²) in [5, 5.41) is 1.91. The van der Waals surface area contributed by atoms with E-state index in [1.807, 2.05) is 48.7 Å². The van der Waals surface area contributed by atoms with Crippen molar-refractivity contribution in [2.24, 2.45) is 5.92 Å². The number of hydrogen-bond acceptors (Lipinski definition) is 7. The molecule has 2 aliphatic rings. The molecule has 2 unspecified atom stereocenters. The molecule has 2 atom stereocenters. The summed E-state index contributed by atoms with van der Waals surface area (Å²) in [4.78, 5) is 41.2. The normalized spacial score (nSPS) is 19.1. The van der Waals surface area contributed by atoms with Crippen LogP contribution in [0.3, 0.4) is 0 Å². The number of amides is 1. The van der Waals surface area contributed by atoms with Crippen LogP contribution < -0.4 is 14.4 Å². The second kappa shape index (κ2) is 8.71. The smallest absolute Gasteiger partial charge is 0.312 e. The summed E-state index contributed by atoms with van der Waals surface area (Å²) < 4.78 is 16.0. The summed E-state index contributed by atoms with van der Waals surface area (Å²) in [6.07, 6.45) is 0.0213. The van der Waals surface area contributed by atoms with Crippen molar-refractivity contribution >= 4 is 34.7 Å². The molecule has 1 amide bonds. The molecular formula is C25H21NO6S. The van der Waals surface area contributed by atoms with Crippen LogP contribution >= 0.6 is 11.3 Å². The van der Waals surface area contributed by atoms with Crippen molar-refractivity contribution in [3.05, 3.63) is 76.0 Å². The maximum atomic E-state index is 13.1. The number of fused-ring (bicyclic) bond motifs is 1. The molecule has 5 rings (SSSR count). The maximum Gasteiger partial charge on any atom is 0.312 e. The van der Waals surface area contributed by atoms with E-state index in [-0.39, 0.29) is 24.9 Å². The van der Waals surface area contributed by atoms with Crippen molar-refractivity contribution in [1.29, 1.82) is 0 Å². The average Bonchev–Trinajstić information content (AvgIpc) is 3.57. The van der Waals surface area contributed by atoms with Crippen LogP contribution in [0.25, 0.3) is 0 Å². The molecule has 3 heterocycles. The fourth-order valence-electron chi connectivity index (χ4n) is 4.14. The third-order valence-corrected chi connectivity index (χ3v) is 6.76. The van der Waals surface area contributed by atoms with Gasteiger partial charge in [0, 0.05) is 22.5 Å². The molecule has 0 bridgehead atoms. The molecule has 0 radical (unpaired) electrons. The summed E-state index contributed by atoms with van der Waals surface area (Å²) in [6.45, 7) is 1.67. The second-order valence-electron chi connectivity index (χ2n) is 7.97. The Kier molecular flexibility index (Phi) is 5.60. The van der Waals surface area contributed by atoms with Gasteiger partial charge in [0.2, 0.25) is 12.7 Å². The van der Waals surface area contributed by atoms with Crippen LogP contribution in [0, 0.1) is 12.8 Å². The van der Waals surface area contributed by atoms with Gasteiger partial charge in [0.25, 0.3) is 0 Å². The fourth-order valence-corrected chi connectivity index (χ4v) is 5.02. The summed E-state index contributed by atoms with van der Waals surface area (Å²) in [7, 11) is 0. The summed E-state index contributed by atoms with van der Waals surface area (Å²) in [6, 6.07) is 15.8. The predicted molar refractivity (Wildman–Crippen MR) is 122 cm³/mol. The first-order chi connectivity index (χ1) is 16.0. The van der Waals surface area contributed by atoms with Gasteiger partial charge >= 0.3 is 5.97 Å². The van der Waals surface area contributed by atoms with E-state index in [1.54, 1.807) is 23.1 Å². The second-order valence-corrected chi connectivity index (χ2v) is 8.95. The highest BCUT2D eigenvalue weighted by molar-refractivity contribution is 7.10. The topological polar surface area (TPSA) is 82.1 Å². The van der Waals surface area contributed by atoms with Gasteiger partial charge in [0.15, 0.2) is 23.9 Å². The standard InChI is InChI=1S/C25H21NO6S/c1-15-4-7-17(8-5-15)26-23(28)12-18(24(26)22-3-2-10-33-22)25(29)30-13-19(27)16-6-9-20-21(11-16)32-14-31-20/h2-11,18,24H,12-14H2,1H3. The molecule has 1 saturated heterocycles. The Morgan fingerprint density at radius 3 is 2.64 bits per heavy atom. The molecule has 1 aromatic heterocycles. The Morgan fingerprint density at radius 2 is 1.88 bits per heavy atom. The molecule has 2 aromatic carbocycles. The zero-order chi connectivity index (χ0) is 22.9. The lowest BCUT2D eigenvalue weighted by Crippen LogP contribution is -2.31. The highest BCUT2D eigenvalue weighted by atomic mass is 32.1. The van der Waals surface area contributed by atoms with Crippen molar-refractivity contribution in [2.45, 2.75) is 19.4 Å². The molecule has 0 aliphatic carbocycles. The lowest BCUT2D eigenvalue weighted by molar-refractivity contribution is -0.148. The minimum absolute atomic E-state index is 0.0213. The third-order valence-electron chi connectivity index (χ3n) is 5.81. The van der Waals surface area contributed by atoms with Gasteiger partial charge in [0.1, 0.15) is 0 Å². The lowest BCUT2D eigenvalue weighted by atomic mass is 9.98. The largest absolute Gasteiger partial charge is 0.457 e. The number of hydrogen-bond donors (Lipinski definition) is 0. The number of ether oxygens (including phenoxy) is 3. The predicted octanol–water partition coefficient (Wildman–Crippen LogP) is 4.31. The van der Waals surface area contributed by atoms with E-state index < -0.39 is 24.5 Å². The highest BCUT2D eigenvalue weighted by Crippen LogP contribution is 2.43. The van der Waals surface area contributed by atoms with Crippen LogP contribution in [0.15, 0.2) is 60.0 Å². The first kappa shape index (κ1) is 21.2. The van der Waals surface area contributed by atoms with Crippen LogP contribution in [0.4, 0.5) is 5.69 Å². The molecule has 0 N–H and O–H groups in total. The molecule has 2 aliphatic heterocycles. The summed E-state index contributed by atoms with van der Waals surface area (Å²) >= 11 is 1.48. The van der Waals surface area contributed by atoms with Gasteiger partial charge in [-0.2, -0.15) is 0 Å². The van der Waals surface area contributed by atoms with Gasteiger partial charge in [-0.1, -0.05) is 23.8 Å². The van der Waals surface area contributed by atoms with Gasteiger partial charge in [-0.25, -0.2) is 0 Å². The Bertz CT molecular complexity index is 1200. The number of aryl methyl sites for hydroxylation is 1. The van der Waals surface area contributed by atoms with Crippen LogP contribution in [0.2, 0.25) is 0 Å². The molecule has 0 saturated carbocycles. The van der Waals surface area contributed by atoms with E-state index in [2.05, 4.69) is 0 Å². The zero-order valence-electron chi connectivity index (χ0n) is 17.9. The number of rotatable bonds is 6. The van der Waals surface area contributed by atoms with E-state index in [1.165, 1.54) is 11.3 Å². The molecule has 33 heavy (non-hydrogen) atoms. The van der Waals surface area contributed by atoms with Gasteiger partial charge < -0.3 is 19.1 Å². The van der Waals surface area contributed by atoms with Crippen molar-refractivity contribution in [3.8, 4) is 11.5 Å². The minimum atomic E-state index is -0.706. The average molecular weight is 464 g/mol. The third kappa shape index (κ3) is 4.09. The zero-order valence-corrected chi connectivity index (χ0v) is 18.7. The van der Waals surface area contributed by atoms with Crippen LogP contribution in [-0.4, -0.2) is 31.1 Å². The number of thiophene rings is 1. The Balaban J connectivity index is 1.34. The lowest BCUT2D eigenvalue weighted by Gasteiger charge is -2.27. The quantitative estimate of drug-likeness (QED) is 0.400. The molecule has 8 heteroatoms. The molecular weight excluding hydrogens is 442 g/mol. The van der Waals surface area contributed by atoms with Crippen LogP contribution in [0.1, 0.15) is 33.3 Å². The molecule has 1 fully saturated rings. The molecule has 3 aromatic rings. The molecule has 7 nitrogen and oxygen atoms in total. The SMILES string of the molecule is Cc1ccc(N2C(=O)CC(C(=O)OCC(=O)c3ccc4c(c3)OCO4)C2c2cccs2)cc1. The van der Waals surface area contributed by atoms with Crippen molar-refractivity contribution in [3.63, 3.8) is 0 Å². The number of carbonyl (C=O) groups excluding carboxylic acids is 3. The highest BCUT2D eigenvalue weighted by Gasteiger charge is 2.46. The van der Waals surface area contributed by atoms with Gasteiger partial charge in [0.05, 0.1) is 12.0 Å². The number of benzene rings is 2. The molecule has 0 spiro atoms. The van der Waals surface area contributed by atoms with Crippen LogP contribution in [0.5, 0.6) is 11.5 Å². The number of nitrogens with zero attached hydrogens (tertiary/aromatic N) is 1. The summed E-state index contributed by atoms with van der Waals surface area (Å²) in [5.41, 5.74) is 2.18. The number of esters is 1. The Labute approximate surface area is 194 Å². The van der Waals surface area contributed by atoms with E-state index in [0.29, 0.717) is 17.1 Å². The summed E-state index contributed by atoms with van der Waals surface area (Å²) in [5.74, 6) is -0.717. The van der Waals surface area contributed by atoms with Crippen molar-refractivity contribution in [1.82, 2.24) is 0 Å². The van der Waals surface area contributed by atoms with Gasteiger partial charge in [-0.3, -0.25) is 14.4 Å². The van der Waals surface area contributed by atoms with Crippen molar-refractivity contribution < 1.29 is 28.6 Å². The first-order valence-corrected chi connectivity index (χ1v) is 11.4. The van der Waals surface area contributed by atoms with Gasteiger partial charge in [-0.05, 0) is 48.7 Å². The van der Waals surface area contributed by atoms with E-state index in [4.69, 9.17) is 14.2 Å². The monoisotopic (exact) mass is 463 g/mol. The Hall–Kier alpha value is -3.65. The van der Waals surface area contributed by atoms with Crippen LogP contribution in [-0.2, 0) is 14.3 Å². The Morgan fingerprint density at radius 1 is 1.09 bits per heavy atom. The van der Waals surface area contributed by atoms with E-state index in [0.717, 1.165) is 16.1 Å². The maximum absolute atomic E-state index is 13.1.